The van der Waals surface area contributed by atoms with Crippen LogP contribution in [0, 0.1) is 0 Å². The third kappa shape index (κ3) is 2.74. The van der Waals surface area contributed by atoms with Crippen LogP contribution in [0.5, 0.6) is 0 Å². The average Bonchev–Trinajstić information content (AvgIpc) is 2.37. The molecule has 0 aromatic carbocycles. The smallest absolute Gasteiger partial charge is 0.274 e. The van der Waals surface area contributed by atoms with Crippen LogP contribution in [0.4, 0.5) is 5.82 Å². The second-order valence-corrected chi connectivity index (χ2v) is 4.77. The fourth-order valence-corrected chi connectivity index (χ4v) is 1.86. The fraction of sp³-hybridized carbons (Fsp3) is 0.545. The number of nitrogens with two attached hydrogens (primary N) is 1. The molecule has 18 heavy (non-hydrogen) atoms. The van der Waals surface area contributed by atoms with Crippen LogP contribution in [0.2, 0.25) is 0 Å². The van der Waals surface area contributed by atoms with Crippen molar-refractivity contribution in [2.75, 3.05) is 25.1 Å². The van der Waals surface area contributed by atoms with Crippen molar-refractivity contribution in [3.63, 3.8) is 0 Å². The minimum atomic E-state index is -0.319. The number of ether oxygens (including phenoxy) is 1. The number of morpholine rings is 1. The van der Waals surface area contributed by atoms with Crippen LogP contribution < -0.4 is 11.3 Å². The lowest BCUT2D eigenvalue weighted by molar-refractivity contribution is -0.0765. The molecule has 1 amide bonds. The summed E-state index contributed by atoms with van der Waals surface area (Å²) in [4.78, 5) is 21.9. The van der Waals surface area contributed by atoms with Crippen LogP contribution >= 0.6 is 0 Å². The molecule has 1 aliphatic heterocycles. The number of hydrazine groups is 1. The summed E-state index contributed by atoms with van der Waals surface area (Å²) in [5.41, 5.74) is 2.36. The lowest BCUT2D eigenvalue weighted by Gasteiger charge is -2.37. The van der Waals surface area contributed by atoms with Crippen molar-refractivity contribution in [2.24, 2.45) is 5.84 Å². The van der Waals surface area contributed by atoms with Gasteiger partial charge < -0.3 is 15.1 Å². The topological polar surface area (TPSA) is 93.4 Å². The summed E-state index contributed by atoms with van der Waals surface area (Å²) in [6, 6.07) is 0. The Hall–Kier alpha value is -1.73. The van der Waals surface area contributed by atoms with Gasteiger partial charge in [-0.15, -0.1) is 0 Å². The normalized spacial score (nSPS) is 18.5. The van der Waals surface area contributed by atoms with Gasteiger partial charge in [-0.1, -0.05) is 0 Å². The van der Waals surface area contributed by atoms with Gasteiger partial charge in [0.05, 0.1) is 24.6 Å². The Morgan fingerprint density at radius 3 is 2.83 bits per heavy atom. The van der Waals surface area contributed by atoms with Gasteiger partial charge in [0.15, 0.2) is 5.82 Å². The molecule has 98 valence electrons. The predicted octanol–water partition coefficient (Wildman–Crippen LogP) is 0.0132. The molecule has 1 aliphatic rings. The summed E-state index contributed by atoms with van der Waals surface area (Å²) in [5.74, 6) is 5.48. The molecule has 1 aromatic rings. The highest BCUT2D eigenvalue weighted by molar-refractivity contribution is 5.92. The van der Waals surface area contributed by atoms with E-state index in [9.17, 15) is 4.79 Å². The summed E-state index contributed by atoms with van der Waals surface area (Å²) in [6.45, 7) is 5.57. The highest BCUT2D eigenvalue weighted by Crippen LogP contribution is 2.17. The zero-order chi connectivity index (χ0) is 13.2. The van der Waals surface area contributed by atoms with Crippen LogP contribution in [-0.2, 0) is 4.74 Å². The molecular formula is C11H17N5O2. The fourth-order valence-electron chi connectivity index (χ4n) is 1.86. The van der Waals surface area contributed by atoms with Gasteiger partial charge in [-0.05, 0) is 13.8 Å². The molecule has 1 aromatic heterocycles. The van der Waals surface area contributed by atoms with Crippen LogP contribution in [0.3, 0.4) is 0 Å². The molecule has 3 N–H and O–H groups in total. The van der Waals surface area contributed by atoms with Crippen molar-refractivity contribution < 1.29 is 9.53 Å². The molecular weight excluding hydrogens is 234 g/mol. The van der Waals surface area contributed by atoms with E-state index in [1.807, 2.05) is 13.8 Å². The molecule has 2 rings (SSSR count). The van der Waals surface area contributed by atoms with Gasteiger partial charge in [-0.3, -0.25) is 4.79 Å². The third-order valence-electron chi connectivity index (χ3n) is 2.73. The second kappa shape index (κ2) is 4.87. The summed E-state index contributed by atoms with van der Waals surface area (Å²) in [5, 5.41) is 0. The summed E-state index contributed by atoms with van der Waals surface area (Å²) >= 11 is 0. The Labute approximate surface area is 105 Å². The number of nitrogens with zero attached hydrogens (tertiary/aromatic N) is 3. The molecule has 1 fully saturated rings. The molecule has 7 nitrogen and oxygen atoms in total. The number of amides is 1. The van der Waals surface area contributed by atoms with Crippen LogP contribution in [0.1, 0.15) is 24.3 Å². The first-order chi connectivity index (χ1) is 8.52. The van der Waals surface area contributed by atoms with Crippen molar-refractivity contribution >= 4 is 11.7 Å². The van der Waals surface area contributed by atoms with Crippen LogP contribution in [-0.4, -0.2) is 46.1 Å². The molecule has 1 saturated heterocycles. The van der Waals surface area contributed by atoms with Gasteiger partial charge in [0.1, 0.15) is 5.69 Å². The predicted molar refractivity (Wildman–Crippen MR) is 65.8 cm³/mol. The van der Waals surface area contributed by atoms with Gasteiger partial charge in [-0.2, -0.15) is 0 Å². The van der Waals surface area contributed by atoms with Crippen LogP contribution in [0.25, 0.3) is 0 Å². The molecule has 0 unspecified atom stereocenters. The SMILES string of the molecule is CC1(C)CN(C(=O)c2cnc(NN)cn2)CCO1. The third-order valence-corrected chi connectivity index (χ3v) is 2.73. The Balaban J connectivity index is 2.10. The van der Waals surface area contributed by atoms with Crippen LogP contribution in [0.15, 0.2) is 12.4 Å². The summed E-state index contributed by atoms with van der Waals surface area (Å²) in [6.07, 6.45) is 2.85. The van der Waals surface area contributed by atoms with Crippen molar-refractivity contribution in [1.29, 1.82) is 0 Å². The quantitative estimate of drug-likeness (QED) is 0.568. The van der Waals surface area contributed by atoms with E-state index in [4.69, 9.17) is 10.6 Å². The molecule has 0 saturated carbocycles. The molecule has 2 heterocycles. The highest BCUT2D eigenvalue weighted by atomic mass is 16.5. The number of nitrogens with one attached hydrogen (secondary N) is 1. The van der Waals surface area contributed by atoms with E-state index in [2.05, 4.69) is 15.4 Å². The molecule has 0 bridgehead atoms. The Morgan fingerprint density at radius 1 is 1.50 bits per heavy atom. The number of rotatable bonds is 2. The standard InChI is InChI=1S/C11H17N5O2/c1-11(2)7-16(3-4-18-11)10(17)8-5-14-9(15-12)6-13-8/h5-6H,3-4,7,12H2,1-2H3,(H,14,15). The largest absolute Gasteiger partial charge is 0.372 e. The second-order valence-electron chi connectivity index (χ2n) is 4.77. The Kier molecular flexibility index (Phi) is 3.44. The molecule has 0 aliphatic carbocycles. The molecule has 0 atom stereocenters. The number of nitrogen functional groups attached to an aromatic ring is 1. The monoisotopic (exact) mass is 251 g/mol. The first kappa shape index (κ1) is 12.7. The van der Waals surface area contributed by atoms with E-state index in [0.717, 1.165) is 0 Å². The number of carbonyl (C=O) groups excluding carboxylic acids is 1. The van der Waals surface area contributed by atoms with Gasteiger partial charge in [-0.25, -0.2) is 15.8 Å². The maximum Gasteiger partial charge on any atom is 0.274 e. The lowest BCUT2D eigenvalue weighted by Crippen LogP contribution is -2.50. The summed E-state index contributed by atoms with van der Waals surface area (Å²) in [7, 11) is 0. The Morgan fingerprint density at radius 2 is 2.28 bits per heavy atom. The van der Waals surface area contributed by atoms with Crippen molar-refractivity contribution in [1.82, 2.24) is 14.9 Å². The van der Waals surface area contributed by atoms with Gasteiger partial charge in [0, 0.05) is 13.1 Å². The van der Waals surface area contributed by atoms with Gasteiger partial charge in [0.2, 0.25) is 0 Å². The minimum absolute atomic E-state index is 0.137. The number of hydrogen-bond donors (Lipinski definition) is 2. The average molecular weight is 251 g/mol. The maximum absolute atomic E-state index is 12.2. The molecule has 0 radical (unpaired) electrons. The van der Waals surface area contributed by atoms with Crippen molar-refractivity contribution in [3.8, 4) is 0 Å². The zero-order valence-corrected chi connectivity index (χ0v) is 10.5. The van der Waals surface area contributed by atoms with E-state index in [1.165, 1.54) is 12.4 Å². The van der Waals surface area contributed by atoms with Gasteiger partial charge in [0.25, 0.3) is 5.91 Å². The maximum atomic E-state index is 12.2. The molecule has 7 heteroatoms. The van der Waals surface area contributed by atoms with E-state index >= 15 is 0 Å². The zero-order valence-electron chi connectivity index (χ0n) is 10.5. The van der Waals surface area contributed by atoms with E-state index < -0.39 is 0 Å². The molecule has 0 spiro atoms. The van der Waals surface area contributed by atoms with E-state index in [1.54, 1.807) is 4.90 Å². The first-order valence-corrected chi connectivity index (χ1v) is 5.74. The van der Waals surface area contributed by atoms with Gasteiger partial charge >= 0.3 is 0 Å². The number of anilines is 1. The summed E-state index contributed by atoms with van der Waals surface area (Å²) < 4.78 is 5.56. The Bertz CT molecular complexity index is 432. The van der Waals surface area contributed by atoms with Crippen molar-refractivity contribution in [2.45, 2.75) is 19.4 Å². The van der Waals surface area contributed by atoms with E-state index in [0.29, 0.717) is 31.2 Å². The highest BCUT2D eigenvalue weighted by Gasteiger charge is 2.30. The van der Waals surface area contributed by atoms with Crippen molar-refractivity contribution in [3.05, 3.63) is 18.1 Å². The number of aromatic nitrogens is 2. The number of hydrogen-bond acceptors (Lipinski definition) is 6. The number of carbonyl (C=O) groups is 1. The van der Waals surface area contributed by atoms with E-state index in [-0.39, 0.29) is 11.5 Å². The lowest BCUT2D eigenvalue weighted by atomic mass is 10.1. The first-order valence-electron chi connectivity index (χ1n) is 5.74. The minimum Gasteiger partial charge on any atom is -0.372 e.